The van der Waals surface area contributed by atoms with E-state index in [9.17, 15) is 0 Å². The molecule has 0 spiro atoms. The van der Waals surface area contributed by atoms with Crippen molar-refractivity contribution in [1.82, 2.24) is 19.9 Å². The van der Waals surface area contributed by atoms with E-state index < -0.39 is 0 Å². The first-order chi connectivity index (χ1) is 15.2. The molecule has 1 aromatic carbocycles. The van der Waals surface area contributed by atoms with Crippen molar-refractivity contribution in [3.05, 3.63) is 42.2 Å². The van der Waals surface area contributed by atoms with E-state index in [-0.39, 0.29) is 11.4 Å². The highest BCUT2D eigenvalue weighted by Crippen LogP contribution is 2.34. The third-order valence-corrected chi connectivity index (χ3v) is 6.08. The average molecular weight is 441 g/mol. The largest absolute Gasteiger partial charge is 0.490 e. The second-order valence-electron chi connectivity index (χ2n) is 7.95. The molecule has 8 nitrogen and oxygen atoms in total. The van der Waals surface area contributed by atoms with Crippen molar-refractivity contribution in [2.24, 2.45) is 0 Å². The zero-order chi connectivity index (χ0) is 21.0. The Bertz CT molecular complexity index is 1040. The summed E-state index contributed by atoms with van der Waals surface area (Å²) in [5.74, 6) is 1.63. The van der Waals surface area contributed by atoms with Gasteiger partial charge in [0.15, 0.2) is 0 Å². The highest BCUT2D eigenvalue weighted by Gasteiger charge is 2.24. The summed E-state index contributed by atoms with van der Waals surface area (Å²) in [6.07, 6.45) is 9.20. The van der Waals surface area contributed by atoms with E-state index >= 15 is 0 Å². The lowest BCUT2D eigenvalue weighted by Gasteiger charge is -2.31. The van der Waals surface area contributed by atoms with Crippen LogP contribution in [0.25, 0.3) is 10.9 Å². The van der Waals surface area contributed by atoms with Crippen molar-refractivity contribution in [2.45, 2.75) is 37.8 Å². The number of halogens is 1. The summed E-state index contributed by atoms with van der Waals surface area (Å²) < 4.78 is 12.0. The summed E-state index contributed by atoms with van der Waals surface area (Å²) in [6, 6.07) is 6.44. The molecule has 0 bridgehead atoms. The maximum atomic E-state index is 6.51. The summed E-state index contributed by atoms with van der Waals surface area (Å²) in [6.45, 7) is 3.23. The van der Waals surface area contributed by atoms with Gasteiger partial charge in [-0.25, -0.2) is 19.9 Å². The molecular formula is C22H25ClN6O2. The summed E-state index contributed by atoms with van der Waals surface area (Å²) in [5.41, 5.74) is 2.03. The molecule has 0 amide bonds. The van der Waals surface area contributed by atoms with Gasteiger partial charge in [0.25, 0.3) is 0 Å². The van der Waals surface area contributed by atoms with Crippen LogP contribution in [-0.4, -0.2) is 58.4 Å². The molecule has 0 unspecified atom stereocenters. The van der Waals surface area contributed by atoms with Crippen molar-refractivity contribution < 1.29 is 9.47 Å². The number of ether oxygens (including phenoxy) is 2. The third-order valence-electron chi connectivity index (χ3n) is 5.89. The number of fused-ring (bicyclic) bond motifs is 1. The fourth-order valence-corrected chi connectivity index (χ4v) is 4.42. The number of anilines is 2. The van der Waals surface area contributed by atoms with E-state index in [2.05, 4.69) is 42.3 Å². The zero-order valence-electron chi connectivity index (χ0n) is 17.2. The SMILES string of the molecule is Clc1nccc(NC2CCC(Oc3cc(N4CCOCC4)cc4ncncc34)CC2)n1. The number of morpholine rings is 1. The van der Waals surface area contributed by atoms with Gasteiger partial charge in [-0.1, -0.05) is 0 Å². The van der Waals surface area contributed by atoms with Crippen LogP contribution >= 0.6 is 11.6 Å². The standard InChI is InChI=1S/C22H25ClN6O2/c23-22-25-6-5-21(28-22)27-15-1-3-17(4-2-15)31-20-12-16(29-7-9-30-10-8-29)11-19-18(20)13-24-14-26-19/h5-6,11-15,17H,1-4,7-10H2,(H,25,27,28). The van der Waals surface area contributed by atoms with Crippen LogP contribution in [0.1, 0.15) is 25.7 Å². The van der Waals surface area contributed by atoms with Crippen LogP contribution in [0.2, 0.25) is 5.28 Å². The number of nitrogens with one attached hydrogen (secondary N) is 1. The molecule has 1 saturated heterocycles. The van der Waals surface area contributed by atoms with E-state index in [1.54, 1.807) is 12.5 Å². The smallest absolute Gasteiger partial charge is 0.224 e. The Morgan fingerprint density at radius 3 is 2.74 bits per heavy atom. The Hall–Kier alpha value is -2.71. The lowest BCUT2D eigenvalue weighted by Crippen LogP contribution is -2.36. The average Bonchev–Trinajstić information content (AvgIpc) is 2.81. The van der Waals surface area contributed by atoms with Gasteiger partial charge in [-0.05, 0) is 49.4 Å². The monoisotopic (exact) mass is 440 g/mol. The van der Waals surface area contributed by atoms with Crippen LogP contribution in [0.5, 0.6) is 5.75 Å². The molecule has 0 atom stereocenters. The predicted octanol–water partition coefficient (Wildman–Crippen LogP) is 3.71. The molecule has 31 heavy (non-hydrogen) atoms. The van der Waals surface area contributed by atoms with E-state index in [0.717, 1.165) is 80.1 Å². The molecule has 9 heteroatoms. The number of rotatable bonds is 5. The highest BCUT2D eigenvalue weighted by molar-refractivity contribution is 6.28. The van der Waals surface area contributed by atoms with E-state index in [1.807, 2.05) is 12.3 Å². The third kappa shape index (κ3) is 4.80. The van der Waals surface area contributed by atoms with Gasteiger partial charge in [0, 0.05) is 43.3 Å². The van der Waals surface area contributed by atoms with Crippen LogP contribution in [0.15, 0.2) is 36.9 Å². The Kier molecular flexibility index (Phi) is 5.99. The van der Waals surface area contributed by atoms with Gasteiger partial charge >= 0.3 is 0 Å². The Morgan fingerprint density at radius 2 is 1.94 bits per heavy atom. The van der Waals surface area contributed by atoms with Gasteiger partial charge in [0.1, 0.15) is 17.9 Å². The molecule has 2 fully saturated rings. The first-order valence-electron chi connectivity index (χ1n) is 10.7. The minimum atomic E-state index is 0.162. The molecule has 3 heterocycles. The number of aromatic nitrogens is 4. The molecule has 2 aliphatic rings. The van der Waals surface area contributed by atoms with Gasteiger partial charge in [0.05, 0.1) is 30.2 Å². The number of benzene rings is 1. The van der Waals surface area contributed by atoms with Gasteiger partial charge < -0.3 is 19.7 Å². The van der Waals surface area contributed by atoms with Crippen LogP contribution in [0.4, 0.5) is 11.5 Å². The van der Waals surface area contributed by atoms with E-state index in [1.165, 1.54) is 0 Å². The van der Waals surface area contributed by atoms with Crippen molar-refractivity contribution in [3.63, 3.8) is 0 Å². The summed E-state index contributed by atoms with van der Waals surface area (Å²) in [7, 11) is 0. The Labute approximate surface area is 186 Å². The molecule has 1 saturated carbocycles. The number of nitrogens with zero attached hydrogens (tertiary/aromatic N) is 5. The van der Waals surface area contributed by atoms with Crippen LogP contribution in [0.3, 0.4) is 0 Å². The summed E-state index contributed by atoms with van der Waals surface area (Å²) >= 11 is 5.89. The van der Waals surface area contributed by atoms with Crippen molar-refractivity contribution in [2.75, 3.05) is 36.5 Å². The van der Waals surface area contributed by atoms with Crippen molar-refractivity contribution in [1.29, 1.82) is 0 Å². The first-order valence-corrected chi connectivity index (χ1v) is 11.1. The molecule has 5 rings (SSSR count). The molecule has 1 aliphatic heterocycles. The minimum absolute atomic E-state index is 0.162. The summed E-state index contributed by atoms with van der Waals surface area (Å²) in [4.78, 5) is 19.2. The van der Waals surface area contributed by atoms with E-state index in [0.29, 0.717) is 6.04 Å². The maximum Gasteiger partial charge on any atom is 0.224 e. The van der Waals surface area contributed by atoms with Crippen LogP contribution in [0, 0.1) is 0 Å². The highest BCUT2D eigenvalue weighted by atomic mass is 35.5. The normalized spacial score (nSPS) is 21.8. The Morgan fingerprint density at radius 1 is 1.10 bits per heavy atom. The topological polar surface area (TPSA) is 85.3 Å². The molecule has 1 aliphatic carbocycles. The molecule has 0 radical (unpaired) electrons. The van der Waals surface area contributed by atoms with Gasteiger partial charge in [0.2, 0.25) is 5.28 Å². The van der Waals surface area contributed by atoms with Crippen molar-refractivity contribution in [3.8, 4) is 5.75 Å². The number of hydrogen-bond donors (Lipinski definition) is 1. The van der Waals surface area contributed by atoms with Gasteiger partial charge in [-0.3, -0.25) is 0 Å². The predicted molar refractivity (Wildman–Crippen MR) is 120 cm³/mol. The number of hydrogen-bond acceptors (Lipinski definition) is 8. The Balaban J connectivity index is 1.28. The fourth-order valence-electron chi connectivity index (χ4n) is 4.27. The second-order valence-corrected chi connectivity index (χ2v) is 8.28. The minimum Gasteiger partial charge on any atom is -0.490 e. The van der Waals surface area contributed by atoms with Gasteiger partial charge in [-0.2, -0.15) is 0 Å². The first kappa shape index (κ1) is 20.2. The fraction of sp³-hybridized carbons (Fsp3) is 0.455. The van der Waals surface area contributed by atoms with Gasteiger partial charge in [-0.15, -0.1) is 0 Å². The van der Waals surface area contributed by atoms with Crippen molar-refractivity contribution >= 4 is 34.0 Å². The molecule has 1 N–H and O–H groups in total. The lowest BCUT2D eigenvalue weighted by molar-refractivity contribution is 0.122. The quantitative estimate of drug-likeness (QED) is 0.601. The van der Waals surface area contributed by atoms with Crippen LogP contribution in [-0.2, 0) is 4.74 Å². The van der Waals surface area contributed by atoms with E-state index in [4.69, 9.17) is 21.1 Å². The zero-order valence-corrected chi connectivity index (χ0v) is 18.0. The second kappa shape index (κ2) is 9.20. The molecular weight excluding hydrogens is 416 g/mol. The summed E-state index contributed by atoms with van der Waals surface area (Å²) in [5, 5.41) is 4.67. The van der Waals surface area contributed by atoms with Crippen LogP contribution < -0.4 is 15.0 Å². The molecule has 2 aromatic heterocycles. The lowest BCUT2D eigenvalue weighted by atomic mass is 9.93. The maximum absolute atomic E-state index is 6.51. The molecule has 3 aromatic rings. The molecule has 162 valence electrons.